The molecule has 0 spiro atoms. The molecule has 2 rings (SSSR count). The van der Waals surface area contributed by atoms with Crippen LogP contribution in [0, 0.1) is 11.3 Å². The average Bonchev–Trinajstić information content (AvgIpc) is 2.43. The molecule has 2 aromatic rings. The van der Waals surface area contributed by atoms with Crippen LogP contribution < -0.4 is 5.32 Å². The molecule has 1 N–H and O–H groups in total. The SMILES string of the molecule is CC(C#N)(Nc1ccc(Cl)c(Br)c1)c1ccccc1Br. The van der Waals surface area contributed by atoms with Gasteiger partial charge in [-0.15, -0.1) is 0 Å². The molecule has 0 bridgehead atoms. The van der Waals surface area contributed by atoms with Crippen molar-refractivity contribution < 1.29 is 0 Å². The van der Waals surface area contributed by atoms with Crippen LogP contribution in [0.2, 0.25) is 5.02 Å². The Balaban J connectivity index is 2.40. The number of halogens is 3. The molecule has 2 nitrogen and oxygen atoms in total. The fourth-order valence-electron chi connectivity index (χ4n) is 1.88. The van der Waals surface area contributed by atoms with E-state index in [9.17, 15) is 5.26 Å². The first-order valence-electron chi connectivity index (χ1n) is 5.86. The van der Waals surface area contributed by atoms with E-state index in [1.165, 1.54) is 0 Å². The molecule has 1 atom stereocenters. The summed E-state index contributed by atoms with van der Waals surface area (Å²) in [6.45, 7) is 1.84. The molecule has 20 heavy (non-hydrogen) atoms. The third-order valence-corrected chi connectivity index (χ3v) is 4.86. The summed E-state index contributed by atoms with van der Waals surface area (Å²) in [6.07, 6.45) is 0. The normalized spacial score (nSPS) is 13.3. The number of nitrogens with one attached hydrogen (secondary N) is 1. The van der Waals surface area contributed by atoms with E-state index in [4.69, 9.17) is 11.6 Å². The van der Waals surface area contributed by atoms with Gasteiger partial charge in [0.2, 0.25) is 0 Å². The highest BCUT2D eigenvalue weighted by atomic mass is 79.9. The molecule has 0 aliphatic heterocycles. The van der Waals surface area contributed by atoms with E-state index in [-0.39, 0.29) is 0 Å². The lowest BCUT2D eigenvalue weighted by atomic mass is 9.93. The predicted octanol–water partition coefficient (Wildman–Crippen LogP) is 5.72. The van der Waals surface area contributed by atoms with Crippen LogP contribution in [0.4, 0.5) is 5.69 Å². The van der Waals surface area contributed by atoms with E-state index >= 15 is 0 Å². The van der Waals surface area contributed by atoms with Gasteiger partial charge >= 0.3 is 0 Å². The summed E-state index contributed by atoms with van der Waals surface area (Å²) in [4.78, 5) is 0. The summed E-state index contributed by atoms with van der Waals surface area (Å²) in [5, 5.41) is 13.5. The quantitative estimate of drug-likeness (QED) is 0.698. The van der Waals surface area contributed by atoms with Crippen molar-refractivity contribution >= 4 is 49.1 Å². The molecule has 2 aromatic carbocycles. The van der Waals surface area contributed by atoms with Crippen molar-refractivity contribution in [1.82, 2.24) is 0 Å². The summed E-state index contributed by atoms with van der Waals surface area (Å²) < 4.78 is 1.68. The highest BCUT2D eigenvalue weighted by molar-refractivity contribution is 9.10. The van der Waals surface area contributed by atoms with Gasteiger partial charge < -0.3 is 5.32 Å². The third kappa shape index (κ3) is 3.17. The molecule has 0 aliphatic carbocycles. The number of benzene rings is 2. The molecule has 0 heterocycles. The van der Waals surface area contributed by atoms with Gasteiger partial charge in [0, 0.05) is 20.2 Å². The second-order valence-corrected chi connectivity index (χ2v) is 6.59. The topological polar surface area (TPSA) is 35.8 Å². The Morgan fingerprint density at radius 3 is 2.45 bits per heavy atom. The zero-order valence-corrected chi connectivity index (χ0v) is 14.6. The summed E-state index contributed by atoms with van der Waals surface area (Å²) in [6, 6.07) is 15.5. The summed E-state index contributed by atoms with van der Waals surface area (Å²) in [7, 11) is 0. The number of nitrogens with zero attached hydrogens (tertiary/aromatic N) is 1. The minimum absolute atomic E-state index is 0.634. The van der Waals surface area contributed by atoms with Crippen LogP contribution >= 0.6 is 43.5 Å². The number of hydrogen-bond acceptors (Lipinski definition) is 2. The van der Waals surface area contributed by atoms with Crippen molar-refractivity contribution in [2.24, 2.45) is 0 Å². The monoisotopic (exact) mass is 412 g/mol. The molecule has 0 radical (unpaired) electrons. The number of rotatable bonds is 3. The van der Waals surface area contributed by atoms with Gasteiger partial charge in [-0.3, -0.25) is 0 Å². The molecule has 0 saturated heterocycles. The third-order valence-electron chi connectivity index (χ3n) is 2.95. The molecular weight excluding hydrogens is 403 g/mol. The largest absolute Gasteiger partial charge is 0.364 e. The molecule has 0 aromatic heterocycles. The maximum Gasteiger partial charge on any atom is 0.149 e. The minimum Gasteiger partial charge on any atom is -0.364 e. The van der Waals surface area contributed by atoms with Gasteiger partial charge in [0.15, 0.2) is 0 Å². The maximum absolute atomic E-state index is 9.58. The molecule has 0 amide bonds. The Morgan fingerprint density at radius 1 is 1.15 bits per heavy atom. The average molecular weight is 415 g/mol. The number of anilines is 1. The van der Waals surface area contributed by atoms with Crippen LogP contribution in [0.3, 0.4) is 0 Å². The summed E-state index contributed by atoms with van der Waals surface area (Å²) in [5.41, 5.74) is 0.863. The van der Waals surface area contributed by atoms with Crippen molar-refractivity contribution in [3.05, 3.63) is 62.0 Å². The van der Waals surface area contributed by atoms with Crippen molar-refractivity contribution in [2.75, 3.05) is 5.32 Å². The van der Waals surface area contributed by atoms with Crippen molar-refractivity contribution in [1.29, 1.82) is 5.26 Å². The van der Waals surface area contributed by atoms with Gasteiger partial charge in [-0.2, -0.15) is 5.26 Å². The molecule has 1 unspecified atom stereocenters. The van der Waals surface area contributed by atoms with Gasteiger partial charge in [-0.05, 0) is 47.1 Å². The van der Waals surface area contributed by atoms with Gasteiger partial charge in [-0.25, -0.2) is 0 Å². The first-order valence-corrected chi connectivity index (χ1v) is 7.82. The van der Waals surface area contributed by atoms with Crippen LogP contribution in [-0.4, -0.2) is 0 Å². The zero-order chi connectivity index (χ0) is 14.8. The van der Waals surface area contributed by atoms with E-state index in [1.54, 1.807) is 6.07 Å². The molecule has 102 valence electrons. The smallest absolute Gasteiger partial charge is 0.149 e. The minimum atomic E-state index is -0.840. The fourth-order valence-corrected chi connectivity index (χ4v) is 3.06. The van der Waals surface area contributed by atoms with E-state index in [0.29, 0.717) is 5.02 Å². The molecule has 0 saturated carbocycles. The van der Waals surface area contributed by atoms with Crippen LogP contribution in [0.15, 0.2) is 51.4 Å². The first kappa shape index (κ1) is 15.4. The molecular formula is C15H11Br2ClN2. The Hall–Kier alpha value is -1.02. The lowest BCUT2D eigenvalue weighted by Crippen LogP contribution is -2.30. The molecule has 0 fully saturated rings. The summed E-state index contributed by atoms with van der Waals surface area (Å²) >= 11 is 12.9. The molecule has 5 heteroatoms. The lowest BCUT2D eigenvalue weighted by molar-refractivity contribution is 0.702. The van der Waals surface area contributed by atoms with Crippen LogP contribution in [0.25, 0.3) is 0 Å². The van der Waals surface area contributed by atoms with Gasteiger partial charge in [0.05, 0.1) is 11.1 Å². The highest BCUT2D eigenvalue weighted by Gasteiger charge is 2.28. The van der Waals surface area contributed by atoms with Gasteiger partial charge in [0.1, 0.15) is 5.54 Å². The number of hydrogen-bond donors (Lipinski definition) is 1. The second kappa shape index (κ2) is 6.17. The Kier molecular flexibility index (Phi) is 4.74. The van der Waals surface area contributed by atoms with E-state index in [1.807, 2.05) is 43.3 Å². The zero-order valence-electron chi connectivity index (χ0n) is 10.6. The van der Waals surface area contributed by atoms with Crippen molar-refractivity contribution in [3.8, 4) is 6.07 Å². The second-order valence-electron chi connectivity index (χ2n) is 4.47. The van der Waals surface area contributed by atoms with Crippen molar-refractivity contribution in [2.45, 2.75) is 12.5 Å². The van der Waals surface area contributed by atoms with E-state index < -0.39 is 5.54 Å². The Morgan fingerprint density at radius 2 is 1.85 bits per heavy atom. The number of nitriles is 1. The Bertz CT molecular complexity index is 682. The van der Waals surface area contributed by atoms with Crippen LogP contribution in [0.5, 0.6) is 0 Å². The molecule has 0 aliphatic rings. The predicted molar refractivity (Wildman–Crippen MR) is 89.9 cm³/mol. The van der Waals surface area contributed by atoms with Crippen molar-refractivity contribution in [3.63, 3.8) is 0 Å². The van der Waals surface area contributed by atoms with Gasteiger partial charge in [0.25, 0.3) is 0 Å². The summed E-state index contributed by atoms with van der Waals surface area (Å²) in [5.74, 6) is 0. The van der Waals surface area contributed by atoms with Crippen LogP contribution in [-0.2, 0) is 5.54 Å². The highest BCUT2D eigenvalue weighted by Crippen LogP contribution is 2.33. The fraction of sp³-hybridized carbons (Fsp3) is 0.133. The Labute approximate surface area is 140 Å². The van der Waals surface area contributed by atoms with E-state index in [2.05, 4.69) is 43.2 Å². The maximum atomic E-state index is 9.58. The lowest BCUT2D eigenvalue weighted by Gasteiger charge is -2.26. The van der Waals surface area contributed by atoms with Crippen LogP contribution in [0.1, 0.15) is 12.5 Å². The standard InChI is InChI=1S/C15H11Br2ClN2/c1-15(9-19,11-4-2-3-5-12(11)16)20-10-6-7-14(18)13(17)8-10/h2-8,20H,1H3. The van der Waals surface area contributed by atoms with Gasteiger partial charge in [-0.1, -0.05) is 45.7 Å². The first-order chi connectivity index (χ1) is 9.46. The van der Waals surface area contributed by atoms with E-state index in [0.717, 1.165) is 20.2 Å².